The number of fused-ring (bicyclic) bond motifs is 1. The van der Waals surface area contributed by atoms with Gasteiger partial charge in [0.1, 0.15) is 0 Å². The molecule has 2 atom stereocenters. The van der Waals surface area contributed by atoms with E-state index < -0.39 is 0 Å². The Balaban J connectivity index is 1.91. The lowest BCUT2D eigenvalue weighted by molar-refractivity contribution is 0.435. The summed E-state index contributed by atoms with van der Waals surface area (Å²) < 4.78 is 0. The molecule has 0 amide bonds. The van der Waals surface area contributed by atoms with Crippen LogP contribution in [0.25, 0.3) is 0 Å². The number of hydrogen-bond acceptors (Lipinski definition) is 4. The minimum atomic E-state index is 0.279. The molecule has 20 heavy (non-hydrogen) atoms. The molecular formula is C16H20N4. The molecule has 1 aliphatic carbocycles. The highest BCUT2D eigenvalue weighted by atomic mass is 15.1. The fraction of sp³-hybridized carbons (Fsp3) is 0.438. The van der Waals surface area contributed by atoms with Crippen molar-refractivity contribution in [3.05, 3.63) is 53.6 Å². The van der Waals surface area contributed by atoms with Gasteiger partial charge in [-0.15, -0.1) is 0 Å². The van der Waals surface area contributed by atoms with Gasteiger partial charge in [0.15, 0.2) is 0 Å². The summed E-state index contributed by atoms with van der Waals surface area (Å²) in [6.07, 6.45) is 8.93. The van der Waals surface area contributed by atoms with E-state index in [0.29, 0.717) is 5.92 Å². The van der Waals surface area contributed by atoms with Crippen molar-refractivity contribution in [1.82, 2.24) is 20.5 Å². The summed E-state index contributed by atoms with van der Waals surface area (Å²) in [7, 11) is 0. The monoisotopic (exact) mass is 268 g/mol. The van der Waals surface area contributed by atoms with Gasteiger partial charge < -0.3 is 5.32 Å². The fourth-order valence-corrected chi connectivity index (χ4v) is 3.05. The van der Waals surface area contributed by atoms with E-state index in [2.05, 4.69) is 39.6 Å². The summed E-state index contributed by atoms with van der Waals surface area (Å²) in [6.45, 7) is 3.20. The minimum Gasteiger partial charge on any atom is -0.309 e. The summed E-state index contributed by atoms with van der Waals surface area (Å²) >= 11 is 0. The first-order valence-corrected chi connectivity index (χ1v) is 7.34. The Morgan fingerprint density at radius 1 is 1.30 bits per heavy atom. The van der Waals surface area contributed by atoms with Crippen molar-refractivity contribution >= 4 is 0 Å². The lowest BCUT2D eigenvalue weighted by Gasteiger charge is -2.25. The molecule has 1 aliphatic rings. The van der Waals surface area contributed by atoms with E-state index in [1.807, 2.05) is 18.5 Å². The molecule has 4 nitrogen and oxygen atoms in total. The normalized spacial score (nSPS) is 18.8. The highest BCUT2D eigenvalue weighted by molar-refractivity contribution is 5.32. The molecule has 0 bridgehead atoms. The van der Waals surface area contributed by atoms with Gasteiger partial charge in [-0.1, -0.05) is 13.0 Å². The van der Waals surface area contributed by atoms with Crippen LogP contribution in [0.3, 0.4) is 0 Å². The summed E-state index contributed by atoms with van der Waals surface area (Å²) in [6, 6.07) is 6.57. The van der Waals surface area contributed by atoms with E-state index in [9.17, 15) is 0 Å². The number of aromatic nitrogens is 3. The predicted molar refractivity (Wildman–Crippen MR) is 78.4 cm³/mol. The zero-order chi connectivity index (χ0) is 13.8. The van der Waals surface area contributed by atoms with Crippen LogP contribution in [0.15, 0.2) is 36.8 Å². The molecule has 2 heterocycles. The molecule has 0 aromatic carbocycles. The van der Waals surface area contributed by atoms with Crippen LogP contribution in [0.1, 0.15) is 48.5 Å². The van der Waals surface area contributed by atoms with Crippen LogP contribution in [-0.4, -0.2) is 21.7 Å². The van der Waals surface area contributed by atoms with Crippen molar-refractivity contribution in [2.45, 2.75) is 38.1 Å². The lowest BCUT2D eigenvalue weighted by atomic mass is 9.91. The molecular weight excluding hydrogens is 248 g/mol. The predicted octanol–water partition coefficient (Wildman–Crippen LogP) is 2.64. The first-order valence-electron chi connectivity index (χ1n) is 7.34. The summed E-state index contributed by atoms with van der Waals surface area (Å²) in [5.74, 6) is 0.432. The third-order valence-corrected chi connectivity index (χ3v) is 3.98. The smallest absolute Gasteiger partial charge is 0.0544 e. The molecule has 0 radical (unpaired) electrons. The van der Waals surface area contributed by atoms with Crippen molar-refractivity contribution in [1.29, 1.82) is 0 Å². The van der Waals surface area contributed by atoms with Gasteiger partial charge in [0.25, 0.3) is 0 Å². The molecule has 1 N–H and O–H groups in total. The van der Waals surface area contributed by atoms with Crippen LogP contribution in [0, 0.1) is 0 Å². The Morgan fingerprint density at radius 3 is 3.05 bits per heavy atom. The third-order valence-electron chi connectivity index (χ3n) is 3.98. The van der Waals surface area contributed by atoms with Gasteiger partial charge in [0.05, 0.1) is 6.20 Å². The van der Waals surface area contributed by atoms with E-state index in [4.69, 9.17) is 0 Å². The van der Waals surface area contributed by atoms with Crippen molar-refractivity contribution in [3.8, 4) is 0 Å². The molecule has 2 unspecified atom stereocenters. The number of pyridine rings is 1. The van der Waals surface area contributed by atoms with E-state index in [1.165, 1.54) is 16.8 Å². The standard InChI is InChI=1S/C16H20N4/c1-2-8-17-16(13-7-10-19-20-11-13)14-6-5-12-4-3-9-18-15(12)14/h3-4,7,9-11,14,16-17H,2,5-6,8H2,1H3. The number of aryl methyl sites for hydroxylation is 1. The number of nitrogens with one attached hydrogen (secondary N) is 1. The average Bonchev–Trinajstić information content (AvgIpc) is 2.93. The van der Waals surface area contributed by atoms with Crippen molar-refractivity contribution in [2.24, 2.45) is 0 Å². The Hall–Kier alpha value is -1.81. The average molecular weight is 268 g/mol. The lowest BCUT2D eigenvalue weighted by Crippen LogP contribution is -2.27. The molecule has 4 heteroatoms. The first-order chi connectivity index (χ1) is 9.90. The maximum Gasteiger partial charge on any atom is 0.0544 e. The summed E-state index contributed by atoms with van der Waals surface area (Å²) in [4.78, 5) is 4.62. The molecule has 0 fully saturated rings. The van der Waals surface area contributed by atoms with Gasteiger partial charge >= 0.3 is 0 Å². The van der Waals surface area contributed by atoms with E-state index in [0.717, 1.165) is 25.8 Å². The van der Waals surface area contributed by atoms with Gasteiger partial charge in [0, 0.05) is 30.0 Å². The molecule has 3 rings (SSSR count). The minimum absolute atomic E-state index is 0.279. The Labute approximate surface area is 119 Å². The second-order valence-corrected chi connectivity index (χ2v) is 5.30. The molecule has 0 saturated heterocycles. The van der Waals surface area contributed by atoms with E-state index in [1.54, 1.807) is 6.20 Å². The van der Waals surface area contributed by atoms with Crippen LogP contribution in [-0.2, 0) is 6.42 Å². The summed E-state index contributed by atoms with van der Waals surface area (Å²) in [5, 5.41) is 11.6. The van der Waals surface area contributed by atoms with Crippen LogP contribution in [0.5, 0.6) is 0 Å². The SMILES string of the molecule is CCCNC(c1ccnnc1)C1CCc2cccnc21. The van der Waals surface area contributed by atoms with Gasteiger partial charge in [-0.25, -0.2) is 0 Å². The second kappa shape index (κ2) is 6.09. The van der Waals surface area contributed by atoms with Gasteiger partial charge in [-0.3, -0.25) is 4.98 Å². The Morgan fingerprint density at radius 2 is 2.25 bits per heavy atom. The van der Waals surface area contributed by atoms with Gasteiger partial charge in [0.2, 0.25) is 0 Å². The fourth-order valence-electron chi connectivity index (χ4n) is 3.05. The second-order valence-electron chi connectivity index (χ2n) is 5.30. The zero-order valence-electron chi connectivity index (χ0n) is 11.8. The maximum atomic E-state index is 4.62. The van der Waals surface area contributed by atoms with Crippen molar-refractivity contribution < 1.29 is 0 Å². The van der Waals surface area contributed by atoms with Crippen LogP contribution in [0.4, 0.5) is 0 Å². The molecule has 0 spiro atoms. The van der Waals surface area contributed by atoms with E-state index >= 15 is 0 Å². The molecule has 0 aliphatic heterocycles. The largest absolute Gasteiger partial charge is 0.309 e. The third kappa shape index (κ3) is 2.56. The number of hydrogen-bond donors (Lipinski definition) is 1. The van der Waals surface area contributed by atoms with E-state index in [-0.39, 0.29) is 6.04 Å². The van der Waals surface area contributed by atoms with Crippen LogP contribution in [0.2, 0.25) is 0 Å². The quantitative estimate of drug-likeness (QED) is 0.905. The Kier molecular flexibility index (Phi) is 4.02. The zero-order valence-corrected chi connectivity index (χ0v) is 11.8. The number of rotatable bonds is 5. The van der Waals surface area contributed by atoms with Crippen LogP contribution >= 0.6 is 0 Å². The highest BCUT2D eigenvalue weighted by Gasteiger charge is 2.31. The Bertz CT molecular complexity index is 555. The molecule has 2 aromatic heterocycles. The topological polar surface area (TPSA) is 50.7 Å². The van der Waals surface area contributed by atoms with Gasteiger partial charge in [-0.05, 0) is 49.1 Å². The molecule has 104 valence electrons. The van der Waals surface area contributed by atoms with Gasteiger partial charge in [-0.2, -0.15) is 10.2 Å². The number of nitrogens with zero attached hydrogens (tertiary/aromatic N) is 3. The first kappa shape index (κ1) is 13.2. The van der Waals surface area contributed by atoms with Crippen LogP contribution < -0.4 is 5.32 Å². The molecule has 0 saturated carbocycles. The maximum absolute atomic E-state index is 4.62. The van der Waals surface area contributed by atoms with Crippen molar-refractivity contribution in [3.63, 3.8) is 0 Å². The summed E-state index contributed by atoms with van der Waals surface area (Å²) in [5.41, 5.74) is 3.85. The van der Waals surface area contributed by atoms with Crippen molar-refractivity contribution in [2.75, 3.05) is 6.54 Å². The molecule has 2 aromatic rings. The highest BCUT2D eigenvalue weighted by Crippen LogP contribution is 2.40.